The minimum Gasteiger partial charge on any atom is -0.269 e. The molecule has 1 rings (SSSR count). The van der Waals surface area contributed by atoms with Crippen LogP contribution in [0.1, 0.15) is 17.7 Å². The Bertz CT molecular complexity index is 288. The van der Waals surface area contributed by atoms with Gasteiger partial charge in [0.2, 0.25) is 0 Å². The van der Waals surface area contributed by atoms with Crippen LogP contribution < -0.4 is 0 Å². The number of hydrogen-bond acceptors (Lipinski definition) is 1. The Hall–Kier alpha value is -1.00. The summed E-state index contributed by atoms with van der Waals surface area (Å²) in [4.78, 5) is 0. The molecule has 0 spiro atoms. The normalized spacial score (nSPS) is 12.1. The minimum atomic E-state index is -4.10. The molecule has 2 nitrogen and oxygen atoms in total. The molecule has 1 aromatic heterocycles. The highest BCUT2D eigenvalue weighted by Crippen LogP contribution is 2.20. The van der Waals surface area contributed by atoms with Crippen LogP contribution in [0.25, 0.3) is 0 Å². The van der Waals surface area contributed by atoms with E-state index >= 15 is 0 Å². The third-order valence-electron chi connectivity index (χ3n) is 1.96. The van der Waals surface area contributed by atoms with Crippen LogP contribution in [0.15, 0.2) is 6.20 Å². The van der Waals surface area contributed by atoms with E-state index in [1.54, 1.807) is 13.1 Å². The van der Waals surface area contributed by atoms with E-state index < -0.39 is 12.6 Å². The average molecular weight is 192 g/mol. The van der Waals surface area contributed by atoms with E-state index in [0.29, 0.717) is 0 Å². The van der Waals surface area contributed by atoms with Gasteiger partial charge in [0.25, 0.3) is 0 Å². The van der Waals surface area contributed by atoms with Gasteiger partial charge < -0.3 is 0 Å². The number of aromatic nitrogens is 2. The first-order valence-electron chi connectivity index (χ1n) is 3.96. The van der Waals surface area contributed by atoms with Gasteiger partial charge in [-0.3, -0.25) is 4.68 Å². The number of aryl methyl sites for hydroxylation is 2. The molecule has 0 saturated carbocycles. The van der Waals surface area contributed by atoms with Crippen molar-refractivity contribution in [1.29, 1.82) is 0 Å². The monoisotopic (exact) mass is 192 g/mol. The molecule has 0 aliphatic rings. The molecule has 1 aromatic rings. The predicted molar refractivity (Wildman–Crippen MR) is 42.4 cm³/mol. The van der Waals surface area contributed by atoms with Crippen molar-refractivity contribution in [2.75, 3.05) is 0 Å². The highest BCUT2D eigenvalue weighted by atomic mass is 19.4. The molecule has 0 unspecified atom stereocenters. The largest absolute Gasteiger partial charge is 0.390 e. The van der Waals surface area contributed by atoms with Crippen molar-refractivity contribution in [2.45, 2.75) is 33.0 Å². The lowest BCUT2D eigenvalue weighted by Gasteiger charge is -2.07. The van der Waals surface area contributed by atoms with Crippen LogP contribution in [0.4, 0.5) is 13.2 Å². The number of rotatable bonds is 2. The van der Waals surface area contributed by atoms with Crippen LogP contribution >= 0.6 is 0 Å². The molecule has 0 aliphatic heterocycles. The summed E-state index contributed by atoms with van der Waals surface area (Å²) in [6, 6.07) is 0. The summed E-state index contributed by atoms with van der Waals surface area (Å²) in [7, 11) is 0. The maximum atomic E-state index is 11.8. The Kier molecular flexibility index (Phi) is 2.63. The minimum absolute atomic E-state index is 0.0941. The van der Waals surface area contributed by atoms with Gasteiger partial charge in [-0.2, -0.15) is 18.3 Å². The maximum Gasteiger partial charge on any atom is 0.390 e. The number of alkyl halides is 3. The molecule has 13 heavy (non-hydrogen) atoms. The number of nitrogens with zero attached hydrogens (tertiary/aromatic N) is 2. The van der Waals surface area contributed by atoms with Gasteiger partial charge in [-0.15, -0.1) is 0 Å². The molecule has 0 aromatic carbocycles. The Morgan fingerprint density at radius 2 is 2.00 bits per heavy atom. The van der Waals surface area contributed by atoms with Crippen LogP contribution in [-0.2, 0) is 6.54 Å². The summed E-state index contributed by atoms with van der Waals surface area (Å²) in [6.45, 7) is 3.49. The third kappa shape index (κ3) is 2.75. The van der Waals surface area contributed by atoms with Crippen LogP contribution in [0.3, 0.4) is 0 Å². The van der Waals surface area contributed by atoms with E-state index in [1.165, 1.54) is 4.68 Å². The van der Waals surface area contributed by atoms with Gasteiger partial charge in [0.1, 0.15) is 0 Å². The van der Waals surface area contributed by atoms with Crippen molar-refractivity contribution in [3.63, 3.8) is 0 Å². The van der Waals surface area contributed by atoms with Crippen molar-refractivity contribution in [1.82, 2.24) is 9.78 Å². The molecule has 0 saturated heterocycles. The first-order chi connectivity index (χ1) is 5.90. The van der Waals surface area contributed by atoms with Gasteiger partial charge in [-0.05, 0) is 19.4 Å². The first-order valence-corrected chi connectivity index (χ1v) is 3.96. The SMILES string of the molecule is Cc1cnn(CCC(F)(F)F)c1C. The summed E-state index contributed by atoms with van der Waals surface area (Å²) in [6.07, 6.45) is -3.35. The zero-order chi connectivity index (χ0) is 10.1. The average Bonchev–Trinajstić information content (AvgIpc) is 2.29. The Morgan fingerprint density at radius 3 is 2.38 bits per heavy atom. The quantitative estimate of drug-likeness (QED) is 0.703. The van der Waals surface area contributed by atoms with E-state index in [9.17, 15) is 13.2 Å². The van der Waals surface area contributed by atoms with Gasteiger partial charge in [-0.25, -0.2) is 0 Å². The van der Waals surface area contributed by atoms with E-state index in [0.717, 1.165) is 11.3 Å². The summed E-state index contributed by atoms with van der Waals surface area (Å²) in [5, 5.41) is 3.84. The van der Waals surface area contributed by atoms with Crippen LogP contribution in [0.2, 0.25) is 0 Å². The van der Waals surface area contributed by atoms with Crippen molar-refractivity contribution < 1.29 is 13.2 Å². The molecule has 0 aliphatic carbocycles. The Balaban J connectivity index is 2.60. The molecule has 0 atom stereocenters. The lowest BCUT2D eigenvalue weighted by atomic mass is 10.3. The molecular weight excluding hydrogens is 181 g/mol. The van der Waals surface area contributed by atoms with E-state index in [4.69, 9.17) is 0 Å². The van der Waals surface area contributed by atoms with Crippen LogP contribution in [-0.4, -0.2) is 16.0 Å². The second-order valence-corrected chi connectivity index (χ2v) is 3.00. The molecule has 0 bridgehead atoms. The Labute approximate surface area is 74.4 Å². The smallest absolute Gasteiger partial charge is 0.269 e. The fraction of sp³-hybridized carbons (Fsp3) is 0.625. The van der Waals surface area contributed by atoms with Crippen molar-refractivity contribution >= 4 is 0 Å². The highest BCUT2D eigenvalue weighted by Gasteiger charge is 2.27. The fourth-order valence-corrected chi connectivity index (χ4v) is 0.998. The van der Waals surface area contributed by atoms with E-state index in [1.807, 2.05) is 6.92 Å². The van der Waals surface area contributed by atoms with Gasteiger partial charge in [-0.1, -0.05) is 0 Å². The lowest BCUT2D eigenvalue weighted by molar-refractivity contribution is -0.137. The summed E-state index contributed by atoms with van der Waals surface area (Å²) >= 11 is 0. The number of hydrogen-bond donors (Lipinski definition) is 0. The summed E-state index contributed by atoms with van der Waals surface area (Å²) in [5.74, 6) is 0. The molecule has 5 heteroatoms. The van der Waals surface area contributed by atoms with Gasteiger partial charge in [0.15, 0.2) is 0 Å². The van der Waals surface area contributed by atoms with Gasteiger partial charge in [0.05, 0.1) is 12.6 Å². The molecular formula is C8H11F3N2. The standard InChI is InChI=1S/C8H11F3N2/c1-6-5-12-13(7(6)2)4-3-8(9,10)11/h5H,3-4H2,1-2H3. The molecule has 0 fully saturated rings. The van der Waals surface area contributed by atoms with E-state index in [-0.39, 0.29) is 6.54 Å². The zero-order valence-electron chi connectivity index (χ0n) is 7.52. The number of halogens is 3. The zero-order valence-corrected chi connectivity index (χ0v) is 7.52. The summed E-state index contributed by atoms with van der Waals surface area (Å²) < 4.78 is 36.9. The molecule has 0 N–H and O–H groups in total. The Morgan fingerprint density at radius 1 is 1.38 bits per heavy atom. The third-order valence-corrected chi connectivity index (χ3v) is 1.96. The van der Waals surface area contributed by atoms with Crippen molar-refractivity contribution in [3.8, 4) is 0 Å². The molecule has 1 heterocycles. The van der Waals surface area contributed by atoms with Crippen molar-refractivity contribution in [3.05, 3.63) is 17.5 Å². The highest BCUT2D eigenvalue weighted by molar-refractivity contribution is 5.12. The van der Waals surface area contributed by atoms with Crippen molar-refractivity contribution in [2.24, 2.45) is 0 Å². The maximum absolute atomic E-state index is 11.8. The first kappa shape index (κ1) is 10.1. The van der Waals surface area contributed by atoms with Gasteiger partial charge in [0, 0.05) is 12.2 Å². The molecule has 0 amide bonds. The molecule has 0 radical (unpaired) electrons. The molecule has 74 valence electrons. The predicted octanol–water partition coefficient (Wildman–Crippen LogP) is 2.45. The lowest BCUT2D eigenvalue weighted by Crippen LogP contribution is -2.13. The van der Waals surface area contributed by atoms with Crippen LogP contribution in [0, 0.1) is 13.8 Å². The fourth-order valence-electron chi connectivity index (χ4n) is 0.998. The second kappa shape index (κ2) is 3.40. The van der Waals surface area contributed by atoms with Gasteiger partial charge >= 0.3 is 6.18 Å². The summed E-state index contributed by atoms with van der Waals surface area (Å²) in [5.41, 5.74) is 1.71. The topological polar surface area (TPSA) is 17.8 Å². The van der Waals surface area contributed by atoms with E-state index in [2.05, 4.69) is 5.10 Å². The second-order valence-electron chi connectivity index (χ2n) is 3.00. The van der Waals surface area contributed by atoms with Crippen LogP contribution in [0.5, 0.6) is 0 Å².